The molecule has 6 heteroatoms. The van der Waals surface area contributed by atoms with Crippen LogP contribution in [-0.4, -0.2) is 52.9 Å². The Morgan fingerprint density at radius 3 is 2.73 bits per heavy atom. The third-order valence-electron chi connectivity index (χ3n) is 5.30. The second kappa shape index (κ2) is 8.18. The van der Waals surface area contributed by atoms with Crippen LogP contribution in [0.1, 0.15) is 41.9 Å². The van der Waals surface area contributed by atoms with E-state index in [1.807, 2.05) is 16.9 Å². The molecule has 2 aromatic rings. The maximum atomic E-state index is 4.71. The monoisotopic (exact) mass is 356 g/mol. The summed E-state index contributed by atoms with van der Waals surface area (Å²) in [6.07, 6.45) is 3.08. The summed E-state index contributed by atoms with van der Waals surface area (Å²) in [6.45, 7) is 11.6. The van der Waals surface area contributed by atoms with Crippen molar-refractivity contribution in [3.63, 3.8) is 0 Å². The molecule has 0 aromatic carbocycles. The number of hydrogen-bond donors (Lipinski definition) is 1. The number of nitrogens with zero attached hydrogens (tertiary/aromatic N) is 5. The van der Waals surface area contributed by atoms with Gasteiger partial charge >= 0.3 is 0 Å². The zero-order valence-electron chi connectivity index (χ0n) is 16.8. The molecule has 1 atom stereocenters. The smallest absolute Gasteiger partial charge is 0.131 e. The second-order valence-corrected chi connectivity index (χ2v) is 7.52. The maximum Gasteiger partial charge on any atom is 0.131 e. The van der Waals surface area contributed by atoms with Gasteiger partial charge in [0.15, 0.2) is 0 Å². The number of nitrogens with one attached hydrogen (secondary N) is 1. The molecule has 1 aliphatic rings. The molecule has 2 aromatic heterocycles. The van der Waals surface area contributed by atoms with Gasteiger partial charge in [0.05, 0.1) is 11.4 Å². The van der Waals surface area contributed by atoms with Crippen molar-refractivity contribution in [3.8, 4) is 0 Å². The van der Waals surface area contributed by atoms with Crippen LogP contribution in [0.4, 0.5) is 5.82 Å². The Hall–Kier alpha value is -1.92. The van der Waals surface area contributed by atoms with Gasteiger partial charge in [0, 0.05) is 51.0 Å². The van der Waals surface area contributed by atoms with Crippen LogP contribution in [-0.2, 0) is 13.6 Å². The van der Waals surface area contributed by atoms with Gasteiger partial charge in [0.25, 0.3) is 0 Å². The highest BCUT2D eigenvalue weighted by Gasteiger charge is 2.22. The van der Waals surface area contributed by atoms with Gasteiger partial charge in [0.1, 0.15) is 5.82 Å². The number of likely N-dealkylation sites (N-methyl/N-ethyl adjacent to an activating group) is 1. The average molecular weight is 357 g/mol. The van der Waals surface area contributed by atoms with Crippen LogP contribution in [0, 0.1) is 13.8 Å². The van der Waals surface area contributed by atoms with E-state index in [9.17, 15) is 0 Å². The van der Waals surface area contributed by atoms with Gasteiger partial charge in [-0.05, 0) is 58.5 Å². The lowest BCUT2D eigenvalue weighted by molar-refractivity contribution is 0.360. The van der Waals surface area contributed by atoms with Crippen molar-refractivity contribution < 1.29 is 0 Å². The van der Waals surface area contributed by atoms with Crippen molar-refractivity contribution in [1.82, 2.24) is 25.0 Å². The number of hydrogen-bond acceptors (Lipinski definition) is 5. The van der Waals surface area contributed by atoms with Crippen molar-refractivity contribution in [2.75, 3.05) is 38.1 Å². The summed E-state index contributed by atoms with van der Waals surface area (Å²) in [6, 6.07) is 4.40. The lowest BCUT2D eigenvalue weighted by Crippen LogP contribution is -2.31. The van der Waals surface area contributed by atoms with E-state index in [0.717, 1.165) is 44.1 Å². The van der Waals surface area contributed by atoms with E-state index in [2.05, 4.69) is 61.0 Å². The van der Waals surface area contributed by atoms with Crippen LogP contribution >= 0.6 is 0 Å². The molecule has 1 saturated heterocycles. The Kier molecular flexibility index (Phi) is 5.94. The van der Waals surface area contributed by atoms with Gasteiger partial charge in [-0.3, -0.25) is 9.67 Å². The number of anilines is 1. The zero-order chi connectivity index (χ0) is 18.7. The van der Waals surface area contributed by atoms with E-state index < -0.39 is 0 Å². The van der Waals surface area contributed by atoms with Gasteiger partial charge in [-0.15, -0.1) is 0 Å². The van der Waals surface area contributed by atoms with E-state index in [4.69, 9.17) is 5.10 Å². The fraction of sp³-hybridized carbons (Fsp3) is 0.600. The Balaban J connectivity index is 1.75. The third kappa shape index (κ3) is 4.24. The summed E-state index contributed by atoms with van der Waals surface area (Å²) in [5.74, 6) is 1.26. The van der Waals surface area contributed by atoms with E-state index in [1.54, 1.807) is 0 Å². The molecule has 0 bridgehead atoms. The van der Waals surface area contributed by atoms with E-state index >= 15 is 0 Å². The highest BCUT2D eigenvalue weighted by Crippen LogP contribution is 2.25. The molecule has 0 aliphatic carbocycles. The largest absolute Gasteiger partial charge is 0.355 e. The summed E-state index contributed by atoms with van der Waals surface area (Å²) >= 11 is 0. The molecule has 0 saturated carbocycles. The highest BCUT2D eigenvalue weighted by molar-refractivity contribution is 5.50. The first kappa shape index (κ1) is 18.9. The Morgan fingerprint density at radius 1 is 1.15 bits per heavy atom. The first-order valence-corrected chi connectivity index (χ1v) is 9.57. The van der Waals surface area contributed by atoms with Gasteiger partial charge in [-0.2, -0.15) is 5.10 Å². The van der Waals surface area contributed by atoms with Gasteiger partial charge < -0.3 is 15.1 Å². The Morgan fingerprint density at radius 2 is 1.96 bits per heavy atom. The van der Waals surface area contributed by atoms with Crippen LogP contribution in [0.2, 0.25) is 0 Å². The molecular formula is C20H32N6. The number of pyridine rings is 1. The SMILES string of the molecule is Cc1ccnc(C(C)NCc2c(C)nn(C)c2N2CCCN(C)CC2)c1. The highest BCUT2D eigenvalue weighted by atomic mass is 15.4. The minimum Gasteiger partial charge on any atom is -0.355 e. The summed E-state index contributed by atoms with van der Waals surface area (Å²) in [5, 5.41) is 8.35. The molecule has 0 amide bonds. The van der Waals surface area contributed by atoms with Crippen LogP contribution in [0.15, 0.2) is 18.3 Å². The fourth-order valence-electron chi connectivity index (χ4n) is 3.71. The van der Waals surface area contributed by atoms with Crippen LogP contribution < -0.4 is 10.2 Å². The van der Waals surface area contributed by atoms with E-state index in [1.165, 1.54) is 23.4 Å². The molecule has 142 valence electrons. The van der Waals surface area contributed by atoms with E-state index in [0.29, 0.717) is 0 Å². The molecule has 6 nitrogen and oxygen atoms in total. The zero-order valence-corrected chi connectivity index (χ0v) is 16.8. The quantitative estimate of drug-likeness (QED) is 0.892. The fourth-order valence-corrected chi connectivity index (χ4v) is 3.71. The summed E-state index contributed by atoms with van der Waals surface area (Å²) in [4.78, 5) is 9.42. The molecule has 3 heterocycles. The van der Waals surface area contributed by atoms with Crippen molar-refractivity contribution in [1.29, 1.82) is 0 Å². The van der Waals surface area contributed by atoms with Crippen LogP contribution in [0.3, 0.4) is 0 Å². The molecule has 1 aliphatic heterocycles. The Labute approximate surface area is 157 Å². The molecule has 3 rings (SSSR count). The normalized spacial score (nSPS) is 17.3. The summed E-state index contributed by atoms with van der Waals surface area (Å²) in [7, 11) is 4.27. The lowest BCUT2D eigenvalue weighted by Gasteiger charge is -2.25. The van der Waals surface area contributed by atoms with Gasteiger partial charge in [-0.25, -0.2) is 0 Å². The Bertz CT molecular complexity index is 738. The first-order chi connectivity index (χ1) is 12.5. The molecule has 1 N–H and O–H groups in total. The molecule has 1 fully saturated rings. The van der Waals surface area contributed by atoms with Crippen LogP contribution in [0.5, 0.6) is 0 Å². The van der Waals surface area contributed by atoms with Crippen molar-refractivity contribution in [3.05, 3.63) is 40.8 Å². The van der Waals surface area contributed by atoms with Crippen molar-refractivity contribution in [2.24, 2.45) is 7.05 Å². The van der Waals surface area contributed by atoms with Crippen LogP contribution in [0.25, 0.3) is 0 Å². The van der Waals surface area contributed by atoms with E-state index in [-0.39, 0.29) is 6.04 Å². The molecule has 26 heavy (non-hydrogen) atoms. The van der Waals surface area contributed by atoms with Crippen molar-refractivity contribution >= 4 is 5.82 Å². The number of rotatable bonds is 5. The molecular weight excluding hydrogens is 324 g/mol. The number of aromatic nitrogens is 3. The lowest BCUT2D eigenvalue weighted by atomic mass is 10.1. The minimum atomic E-state index is 0.206. The molecule has 1 unspecified atom stereocenters. The standard InChI is InChI=1S/C20H32N6/c1-15-7-8-21-19(13-15)17(3)22-14-18-16(2)23-25(5)20(18)26-10-6-9-24(4)11-12-26/h7-8,13,17,22H,6,9-12,14H2,1-5H3. The van der Waals surface area contributed by atoms with Gasteiger partial charge in [0.2, 0.25) is 0 Å². The summed E-state index contributed by atoms with van der Waals surface area (Å²) < 4.78 is 2.05. The average Bonchev–Trinajstić information content (AvgIpc) is 2.75. The topological polar surface area (TPSA) is 49.2 Å². The van der Waals surface area contributed by atoms with Gasteiger partial charge in [-0.1, -0.05) is 0 Å². The predicted molar refractivity (Wildman–Crippen MR) is 107 cm³/mol. The molecule has 0 spiro atoms. The number of aryl methyl sites for hydroxylation is 3. The minimum absolute atomic E-state index is 0.206. The third-order valence-corrected chi connectivity index (χ3v) is 5.30. The van der Waals surface area contributed by atoms with Crippen molar-refractivity contribution in [2.45, 2.75) is 39.8 Å². The predicted octanol–water partition coefficient (Wildman–Crippen LogP) is 2.42. The second-order valence-electron chi connectivity index (χ2n) is 7.52. The first-order valence-electron chi connectivity index (χ1n) is 9.57. The molecule has 0 radical (unpaired) electrons. The summed E-state index contributed by atoms with van der Waals surface area (Å²) in [5.41, 5.74) is 4.74. The maximum absolute atomic E-state index is 4.71.